The fourth-order valence-corrected chi connectivity index (χ4v) is 1.76. The Morgan fingerprint density at radius 3 is 2.50 bits per heavy atom. The molecule has 0 bridgehead atoms. The average Bonchev–Trinajstić information content (AvgIpc) is 2.06. The van der Waals surface area contributed by atoms with Crippen LogP contribution in [0.3, 0.4) is 0 Å². The van der Waals surface area contributed by atoms with Gasteiger partial charge in [-0.05, 0) is 25.9 Å². The zero-order valence-corrected chi connectivity index (χ0v) is 8.15. The molecule has 0 aromatic rings. The van der Waals surface area contributed by atoms with Crippen molar-refractivity contribution in [3.05, 3.63) is 0 Å². The van der Waals surface area contributed by atoms with Gasteiger partial charge >= 0.3 is 0 Å². The lowest BCUT2D eigenvalue weighted by Gasteiger charge is -2.25. The predicted molar refractivity (Wildman–Crippen MR) is 50.6 cm³/mol. The summed E-state index contributed by atoms with van der Waals surface area (Å²) >= 11 is 5.47. The van der Waals surface area contributed by atoms with Crippen LogP contribution in [0.1, 0.15) is 25.7 Å². The van der Waals surface area contributed by atoms with Crippen molar-refractivity contribution in [2.75, 3.05) is 25.5 Å². The van der Waals surface area contributed by atoms with E-state index in [0.29, 0.717) is 18.8 Å². The van der Waals surface area contributed by atoms with Gasteiger partial charge in [-0.15, -0.1) is 11.6 Å². The first-order valence-electron chi connectivity index (χ1n) is 4.63. The third kappa shape index (κ3) is 3.55. The van der Waals surface area contributed by atoms with Crippen LogP contribution < -0.4 is 0 Å². The summed E-state index contributed by atoms with van der Waals surface area (Å²) < 4.78 is 0. The maximum atomic E-state index is 11.2. The third-order valence-corrected chi connectivity index (χ3v) is 2.41. The lowest BCUT2D eigenvalue weighted by Crippen LogP contribution is -2.34. The van der Waals surface area contributed by atoms with Gasteiger partial charge in [-0.1, -0.05) is 6.42 Å². The zero-order chi connectivity index (χ0) is 8.81. The second kappa shape index (κ2) is 5.55. The van der Waals surface area contributed by atoms with E-state index in [1.807, 2.05) is 0 Å². The van der Waals surface area contributed by atoms with E-state index < -0.39 is 0 Å². The van der Waals surface area contributed by atoms with Crippen molar-refractivity contribution < 1.29 is 4.79 Å². The van der Waals surface area contributed by atoms with Crippen molar-refractivity contribution in [3.8, 4) is 0 Å². The average molecular weight is 190 g/mol. The normalized spacial score (nSPS) is 19.4. The van der Waals surface area contributed by atoms with Gasteiger partial charge < -0.3 is 0 Å². The number of hydrogen-bond donors (Lipinski definition) is 0. The molecule has 0 unspecified atom stereocenters. The molecule has 0 amide bonds. The van der Waals surface area contributed by atoms with Crippen molar-refractivity contribution in [3.63, 3.8) is 0 Å². The molecule has 1 saturated heterocycles. The molecule has 0 aromatic carbocycles. The fourth-order valence-electron chi connectivity index (χ4n) is 1.55. The number of piperidine rings is 1. The maximum absolute atomic E-state index is 11.2. The van der Waals surface area contributed by atoms with Gasteiger partial charge in [-0.3, -0.25) is 9.69 Å². The van der Waals surface area contributed by atoms with Crippen LogP contribution in [0.25, 0.3) is 0 Å². The van der Waals surface area contributed by atoms with Gasteiger partial charge in [0.05, 0.1) is 6.54 Å². The molecule has 0 N–H and O–H groups in total. The number of ketones is 1. The zero-order valence-electron chi connectivity index (χ0n) is 7.39. The topological polar surface area (TPSA) is 20.3 Å². The molecule has 2 nitrogen and oxygen atoms in total. The molecule has 0 saturated carbocycles. The summed E-state index contributed by atoms with van der Waals surface area (Å²) in [6.45, 7) is 2.80. The SMILES string of the molecule is O=C(CCCl)CN1CCCCC1. The van der Waals surface area contributed by atoms with E-state index in [0.717, 1.165) is 13.1 Å². The monoisotopic (exact) mass is 189 g/mol. The number of Topliss-reactive ketones (excluding diaryl/α,β-unsaturated/α-hetero) is 1. The van der Waals surface area contributed by atoms with Crippen molar-refractivity contribution in [1.82, 2.24) is 4.90 Å². The predicted octanol–water partition coefficient (Wildman–Crippen LogP) is 1.67. The van der Waals surface area contributed by atoms with Crippen molar-refractivity contribution in [2.45, 2.75) is 25.7 Å². The number of likely N-dealkylation sites (tertiary alicyclic amines) is 1. The van der Waals surface area contributed by atoms with E-state index in [1.165, 1.54) is 19.3 Å². The molecular weight excluding hydrogens is 174 g/mol. The molecule has 1 aliphatic heterocycles. The number of carbonyl (C=O) groups is 1. The molecule has 1 aliphatic rings. The van der Waals surface area contributed by atoms with Crippen LogP contribution in [0, 0.1) is 0 Å². The van der Waals surface area contributed by atoms with E-state index in [9.17, 15) is 4.79 Å². The molecule has 0 aliphatic carbocycles. The van der Waals surface area contributed by atoms with Crippen molar-refractivity contribution >= 4 is 17.4 Å². The molecular formula is C9H16ClNO. The van der Waals surface area contributed by atoms with E-state index in [-0.39, 0.29) is 5.78 Å². The first-order chi connectivity index (χ1) is 5.83. The fraction of sp³-hybridized carbons (Fsp3) is 0.889. The molecule has 1 fully saturated rings. The molecule has 70 valence electrons. The van der Waals surface area contributed by atoms with Gasteiger partial charge in [0, 0.05) is 12.3 Å². The Morgan fingerprint density at radius 2 is 1.92 bits per heavy atom. The highest BCUT2D eigenvalue weighted by atomic mass is 35.5. The molecule has 0 radical (unpaired) electrons. The lowest BCUT2D eigenvalue weighted by molar-refractivity contribution is -0.120. The Kier molecular flexibility index (Phi) is 4.62. The molecule has 0 aromatic heterocycles. The van der Waals surface area contributed by atoms with Crippen LogP contribution >= 0.6 is 11.6 Å². The molecule has 3 heteroatoms. The Bertz CT molecular complexity index is 143. The first-order valence-corrected chi connectivity index (χ1v) is 5.16. The van der Waals surface area contributed by atoms with Crippen LogP contribution in [-0.4, -0.2) is 36.2 Å². The summed E-state index contributed by atoms with van der Waals surface area (Å²) in [5.74, 6) is 0.749. The summed E-state index contributed by atoms with van der Waals surface area (Å²) in [6.07, 6.45) is 4.33. The number of alkyl halides is 1. The van der Waals surface area contributed by atoms with Gasteiger partial charge in [0.2, 0.25) is 0 Å². The van der Waals surface area contributed by atoms with Gasteiger partial charge in [0.25, 0.3) is 0 Å². The van der Waals surface area contributed by atoms with Gasteiger partial charge in [0.15, 0.2) is 0 Å². The van der Waals surface area contributed by atoms with Gasteiger partial charge in [-0.25, -0.2) is 0 Å². The van der Waals surface area contributed by atoms with Gasteiger partial charge in [-0.2, -0.15) is 0 Å². The molecule has 1 rings (SSSR count). The largest absolute Gasteiger partial charge is 0.298 e. The van der Waals surface area contributed by atoms with Crippen LogP contribution in [-0.2, 0) is 4.79 Å². The van der Waals surface area contributed by atoms with Gasteiger partial charge in [0.1, 0.15) is 5.78 Å². The summed E-state index contributed by atoms with van der Waals surface area (Å²) in [5.41, 5.74) is 0. The number of rotatable bonds is 4. The van der Waals surface area contributed by atoms with E-state index >= 15 is 0 Å². The smallest absolute Gasteiger partial charge is 0.148 e. The quantitative estimate of drug-likeness (QED) is 0.628. The lowest BCUT2D eigenvalue weighted by atomic mass is 10.1. The summed E-state index contributed by atoms with van der Waals surface area (Å²) in [5, 5.41) is 0. The summed E-state index contributed by atoms with van der Waals surface area (Å²) in [4.78, 5) is 13.4. The maximum Gasteiger partial charge on any atom is 0.148 e. The third-order valence-electron chi connectivity index (χ3n) is 2.22. The molecule has 0 atom stereocenters. The second-order valence-electron chi connectivity index (χ2n) is 3.31. The highest BCUT2D eigenvalue weighted by Crippen LogP contribution is 2.08. The number of hydrogen-bond acceptors (Lipinski definition) is 2. The highest BCUT2D eigenvalue weighted by molar-refractivity contribution is 6.19. The molecule has 0 spiro atoms. The van der Waals surface area contributed by atoms with E-state index in [4.69, 9.17) is 11.6 Å². The van der Waals surface area contributed by atoms with Crippen LogP contribution in [0.4, 0.5) is 0 Å². The van der Waals surface area contributed by atoms with E-state index in [2.05, 4.69) is 4.90 Å². The van der Waals surface area contributed by atoms with Crippen molar-refractivity contribution in [1.29, 1.82) is 0 Å². The highest BCUT2D eigenvalue weighted by Gasteiger charge is 2.12. The number of carbonyl (C=O) groups excluding carboxylic acids is 1. The second-order valence-corrected chi connectivity index (χ2v) is 3.69. The Hall–Kier alpha value is -0.0800. The van der Waals surface area contributed by atoms with E-state index in [1.54, 1.807) is 0 Å². The number of halogens is 1. The minimum atomic E-state index is 0.284. The van der Waals surface area contributed by atoms with Crippen LogP contribution in [0.15, 0.2) is 0 Å². The van der Waals surface area contributed by atoms with Crippen molar-refractivity contribution in [2.24, 2.45) is 0 Å². The Morgan fingerprint density at radius 1 is 1.25 bits per heavy atom. The minimum Gasteiger partial charge on any atom is -0.298 e. The van der Waals surface area contributed by atoms with Crippen LogP contribution in [0.5, 0.6) is 0 Å². The Balaban J connectivity index is 2.15. The first kappa shape index (κ1) is 10.0. The Labute approximate surface area is 78.9 Å². The molecule has 12 heavy (non-hydrogen) atoms. The standard InChI is InChI=1S/C9H16ClNO/c10-5-4-9(12)8-11-6-2-1-3-7-11/h1-8H2. The number of nitrogens with zero attached hydrogens (tertiary/aromatic N) is 1. The summed E-state index contributed by atoms with van der Waals surface area (Å²) in [6, 6.07) is 0. The minimum absolute atomic E-state index is 0.284. The van der Waals surface area contributed by atoms with Crippen LogP contribution in [0.2, 0.25) is 0 Å². The summed E-state index contributed by atoms with van der Waals surface area (Å²) in [7, 11) is 0. The molecule has 1 heterocycles.